The smallest absolute Gasteiger partial charge is 0.258 e. The number of aromatic nitrogens is 4. The van der Waals surface area contributed by atoms with E-state index in [0.29, 0.717) is 17.5 Å². The number of benzene rings is 4. The molecule has 0 radical (unpaired) electrons. The van der Waals surface area contributed by atoms with Crippen molar-refractivity contribution in [2.24, 2.45) is 0 Å². The number of rotatable bonds is 8. The number of nitrogens with zero attached hydrogens (tertiary/aromatic N) is 4. The fourth-order valence-corrected chi connectivity index (χ4v) is 5.15. The van der Waals surface area contributed by atoms with E-state index < -0.39 is 0 Å². The van der Waals surface area contributed by atoms with Gasteiger partial charge in [0.05, 0.1) is 11.4 Å². The molecule has 6 aromatic rings. The van der Waals surface area contributed by atoms with Crippen molar-refractivity contribution in [3.63, 3.8) is 0 Å². The quantitative estimate of drug-likeness (QED) is 0.194. The predicted molar refractivity (Wildman–Crippen MR) is 158 cm³/mol. The average Bonchev–Trinajstić information content (AvgIpc) is 3.79. The van der Waals surface area contributed by atoms with E-state index in [9.17, 15) is 0 Å². The average molecular weight is 541 g/mol. The van der Waals surface area contributed by atoms with Crippen LogP contribution in [0.15, 0.2) is 108 Å². The van der Waals surface area contributed by atoms with Gasteiger partial charge in [0.15, 0.2) is 11.5 Å². The summed E-state index contributed by atoms with van der Waals surface area (Å²) in [6.45, 7) is 3.31. The van der Waals surface area contributed by atoms with Crippen LogP contribution in [0.4, 0.5) is 0 Å². The van der Waals surface area contributed by atoms with Gasteiger partial charge in [0, 0.05) is 34.4 Å². The van der Waals surface area contributed by atoms with Crippen molar-refractivity contribution in [2.45, 2.75) is 26.3 Å². The van der Waals surface area contributed by atoms with Gasteiger partial charge in [-0.25, -0.2) is 4.98 Å². The van der Waals surface area contributed by atoms with E-state index in [0.717, 1.165) is 70.2 Å². The van der Waals surface area contributed by atoms with E-state index in [1.54, 1.807) is 0 Å². The minimum atomic E-state index is 0.221. The Morgan fingerprint density at radius 2 is 1.37 bits per heavy atom. The van der Waals surface area contributed by atoms with Gasteiger partial charge >= 0.3 is 0 Å². The lowest BCUT2D eigenvalue weighted by Crippen LogP contribution is -2.03. The fourth-order valence-electron chi connectivity index (χ4n) is 5.15. The van der Waals surface area contributed by atoms with Crippen LogP contribution in [-0.4, -0.2) is 26.5 Å². The lowest BCUT2D eigenvalue weighted by molar-refractivity contribution is 0.174. The molecule has 0 fully saturated rings. The number of fused-ring (bicyclic) bond motifs is 1. The van der Waals surface area contributed by atoms with E-state index in [1.165, 1.54) is 0 Å². The molecule has 0 N–H and O–H groups in total. The molecular weight excluding hydrogens is 512 g/mol. The molecule has 41 heavy (non-hydrogen) atoms. The van der Waals surface area contributed by atoms with Crippen LogP contribution in [0.25, 0.3) is 56.7 Å². The number of hydrogen-bond donors (Lipinski definition) is 0. The molecule has 0 amide bonds. The normalized spacial score (nSPS) is 12.1. The van der Waals surface area contributed by atoms with Crippen LogP contribution < -0.4 is 9.47 Å². The first kappa shape index (κ1) is 24.8. The molecule has 0 bridgehead atoms. The van der Waals surface area contributed by atoms with Gasteiger partial charge in [-0.3, -0.25) is 0 Å². The SMILES string of the molecule is CCCCn1c(-c2ccc(-c3nc(-c4ccc5c(c4)OCO5)no3)cc2)nc(-c2ccccc2)c1-c1ccccc1. The molecule has 0 saturated carbocycles. The van der Waals surface area contributed by atoms with Gasteiger partial charge in [-0.2, -0.15) is 4.98 Å². The molecule has 0 saturated heterocycles. The minimum Gasteiger partial charge on any atom is -0.454 e. The molecule has 7 nitrogen and oxygen atoms in total. The second kappa shape index (κ2) is 10.8. The Morgan fingerprint density at radius 1 is 0.683 bits per heavy atom. The Balaban J connectivity index is 1.26. The summed E-state index contributed by atoms with van der Waals surface area (Å²) in [6, 6.07) is 34.7. The molecular formula is C34H28N4O3. The van der Waals surface area contributed by atoms with Crippen molar-refractivity contribution < 1.29 is 14.0 Å². The van der Waals surface area contributed by atoms with Crippen LogP contribution in [0.1, 0.15) is 19.8 Å². The minimum absolute atomic E-state index is 0.221. The zero-order chi connectivity index (χ0) is 27.6. The van der Waals surface area contributed by atoms with E-state index in [1.807, 2.05) is 42.5 Å². The Kier molecular flexibility index (Phi) is 6.53. The van der Waals surface area contributed by atoms with Crippen molar-refractivity contribution in [1.82, 2.24) is 19.7 Å². The highest BCUT2D eigenvalue weighted by atomic mass is 16.7. The lowest BCUT2D eigenvalue weighted by Gasteiger charge is -2.13. The topological polar surface area (TPSA) is 75.2 Å². The monoisotopic (exact) mass is 540 g/mol. The zero-order valence-corrected chi connectivity index (χ0v) is 22.7. The van der Waals surface area contributed by atoms with Crippen molar-refractivity contribution in [2.75, 3.05) is 6.79 Å². The maximum atomic E-state index is 5.63. The number of unbranched alkanes of at least 4 members (excludes halogenated alkanes) is 1. The van der Waals surface area contributed by atoms with Gasteiger partial charge in [0.1, 0.15) is 5.82 Å². The van der Waals surface area contributed by atoms with Crippen molar-refractivity contribution in [1.29, 1.82) is 0 Å². The highest BCUT2D eigenvalue weighted by Gasteiger charge is 2.22. The molecule has 0 unspecified atom stereocenters. The van der Waals surface area contributed by atoms with Crippen LogP contribution in [0, 0.1) is 0 Å². The van der Waals surface area contributed by atoms with E-state index in [2.05, 4.69) is 82.3 Å². The molecule has 1 aliphatic heterocycles. The predicted octanol–water partition coefficient (Wildman–Crippen LogP) is 8.13. The molecule has 3 heterocycles. The van der Waals surface area contributed by atoms with E-state index in [4.69, 9.17) is 19.0 Å². The summed E-state index contributed by atoms with van der Waals surface area (Å²) in [4.78, 5) is 9.88. The second-order valence-corrected chi connectivity index (χ2v) is 9.94. The van der Waals surface area contributed by atoms with E-state index in [-0.39, 0.29) is 6.79 Å². The first-order valence-corrected chi connectivity index (χ1v) is 13.8. The lowest BCUT2D eigenvalue weighted by atomic mass is 10.0. The van der Waals surface area contributed by atoms with Gasteiger partial charge in [0.25, 0.3) is 5.89 Å². The Bertz CT molecular complexity index is 1790. The van der Waals surface area contributed by atoms with Crippen molar-refractivity contribution >= 4 is 0 Å². The molecule has 0 atom stereocenters. The zero-order valence-electron chi connectivity index (χ0n) is 22.7. The van der Waals surface area contributed by atoms with E-state index >= 15 is 0 Å². The molecule has 0 aliphatic carbocycles. The molecule has 4 aromatic carbocycles. The first-order chi connectivity index (χ1) is 20.3. The standard InChI is InChI=1S/C34H28N4O3/c1-2-3-20-38-31(24-12-8-5-9-13-24)30(23-10-6-4-7-11-23)35-33(38)25-14-16-26(17-15-25)34-36-32(37-41-34)27-18-19-28-29(21-27)40-22-39-28/h4-19,21H,2-3,20,22H2,1H3. The van der Waals surface area contributed by atoms with Crippen molar-refractivity contribution in [3.05, 3.63) is 103 Å². The largest absolute Gasteiger partial charge is 0.454 e. The summed E-state index contributed by atoms with van der Waals surface area (Å²) in [7, 11) is 0. The van der Waals surface area contributed by atoms with Crippen molar-refractivity contribution in [3.8, 4) is 68.2 Å². The van der Waals surface area contributed by atoms with Crippen LogP contribution in [0.5, 0.6) is 11.5 Å². The van der Waals surface area contributed by atoms with Crippen LogP contribution in [0.3, 0.4) is 0 Å². The first-order valence-electron chi connectivity index (χ1n) is 13.8. The van der Waals surface area contributed by atoms with Gasteiger partial charge < -0.3 is 18.6 Å². The maximum Gasteiger partial charge on any atom is 0.258 e. The molecule has 2 aromatic heterocycles. The highest BCUT2D eigenvalue weighted by molar-refractivity contribution is 5.82. The molecule has 7 heteroatoms. The third-order valence-corrected chi connectivity index (χ3v) is 7.24. The summed E-state index contributed by atoms with van der Waals surface area (Å²) in [5.74, 6) is 3.29. The Morgan fingerprint density at radius 3 is 2.12 bits per heavy atom. The van der Waals surface area contributed by atoms with Gasteiger partial charge in [-0.05, 0) is 36.8 Å². The van der Waals surface area contributed by atoms with Crippen LogP contribution in [0.2, 0.25) is 0 Å². The Labute approximate surface area is 238 Å². The number of imidazole rings is 1. The fraction of sp³-hybridized carbons (Fsp3) is 0.147. The molecule has 0 spiro atoms. The number of ether oxygens (including phenoxy) is 2. The van der Waals surface area contributed by atoms with Gasteiger partial charge in [0.2, 0.25) is 12.6 Å². The van der Waals surface area contributed by atoms with Crippen LogP contribution in [-0.2, 0) is 6.54 Å². The third-order valence-electron chi connectivity index (χ3n) is 7.24. The van der Waals surface area contributed by atoms with Crippen LogP contribution >= 0.6 is 0 Å². The summed E-state index contributed by atoms with van der Waals surface area (Å²) in [6.07, 6.45) is 2.15. The number of hydrogen-bond acceptors (Lipinski definition) is 6. The summed E-state index contributed by atoms with van der Waals surface area (Å²) in [5, 5.41) is 4.20. The molecule has 202 valence electrons. The summed E-state index contributed by atoms with van der Waals surface area (Å²) >= 11 is 0. The molecule has 7 rings (SSSR count). The Hall–Kier alpha value is -5.17. The second-order valence-electron chi connectivity index (χ2n) is 9.94. The summed E-state index contributed by atoms with van der Waals surface area (Å²) < 4.78 is 18.9. The molecule has 1 aliphatic rings. The van der Waals surface area contributed by atoms with Gasteiger partial charge in [-0.15, -0.1) is 0 Å². The third kappa shape index (κ3) is 4.76. The summed E-state index contributed by atoms with van der Waals surface area (Å²) in [5.41, 5.74) is 7.04. The maximum absolute atomic E-state index is 5.63. The van der Waals surface area contributed by atoms with Gasteiger partial charge in [-0.1, -0.05) is 91.3 Å². The highest BCUT2D eigenvalue weighted by Crippen LogP contribution is 2.38.